The van der Waals surface area contributed by atoms with Gasteiger partial charge in [-0.3, -0.25) is 4.79 Å². The Morgan fingerprint density at radius 2 is 1.57 bits per heavy atom. The molecule has 2 heterocycles. The predicted molar refractivity (Wildman–Crippen MR) is 132 cm³/mol. The third kappa shape index (κ3) is 5.31. The third-order valence-electron chi connectivity index (χ3n) is 7.07. The van der Waals surface area contributed by atoms with Gasteiger partial charge in [0.15, 0.2) is 5.69 Å². The highest BCUT2D eigenvalue weighted by molar-refractivity contribution is 7.89. The second-order valence-corrected chi connectivity index (χ2v) is 11.3. The lowest BCUT2D eigenvalue weighted by molar-refractivity contribution is 0.0692. The summed E-state index contributed by atoms with van der Waals surface area (Å²) in [6, 6.07) is 17.3. The number of piperazine rings is 1. The van der Waals surface area contributed by atoms with Crippen molar-refractivity contribution >= 4 is 15.9 Å². The number of carbonyl (C=O) groups excluding carboxylic acids is 1. The molecule has 1 aliphatic carbocycles. The summed E-state index contributed by atoms with van der Waals surface area (Å²) >= 11 is 0. The molecule has 0 bridgehead atoms. The minimum Gasteiger partial charge on any atom is -0.335 e. The molecule has 1 aromatic heterocycles. The Bertz CT molecular complexity index is 1240. The first-order valence-corrected chi connectivity index (χ1v) is 13.8. The van der Waals surface area contributed by atoms with Crippen LogP contribution in [0.15, 0.2) is 65.7 Å². The van der Waals surface area contributed by atoms with E-state index in [2.05, 4.69) is 10.3 Å². The first-order valence-electron chi connectivity index (χ1n) is 12.3. The zero-order chi connectivity index (χ0) is 24.3. The van der Waals surface area contributed by atoms with Gasteiger partial charge in [-0.15, -0.1) is 5.10 Å². The minimum atomic E-state index is -3.59. The SMILES string of the molecule is O=C(c1cn(Cc2ccccc2)nn1)N1CCN(S(=O)(=O)c2ccc(C3CCCCC3)cc2)CC1. The molecule has 0 radical (unpaired) electrons. The van der Waals surface area contributed by atoms with Gasteiger partial charge in [0.25, 0.3) is 5.91 Å². The summed E-state index contributed by atoms with van der Waals surface area (Å²) in [5.41, 5.74) is 2.58. The zero-order valence-electron chi connectivity index (χ0n) is 19.8. The van der Waals surface area contributed by atoms with Gasteiger partial charge in [-0.2, -0.15) is 4.31 Å². The Morgan fingerprint density at radius 1 is 0.886 bits per heavy atom. The third-order valence-corrected chi connectivity index (χ3v) is 8.98. The zero-order valence-corrected chi connectivity index (χ0v) is 20.6. The van der Waals surface area contributed by atoms with Crippen molar-refractivity contribution in [3.05, 3.63) is 77.6 Å². The number of sulfonamides is 1. The van der Waals surface area contributed by atoms with Gasteiger partial charge in [-0.25, -0.2) is 13.1 Å². The van der Waals surface area contributed by atoms with Crippen LogP contribution >= 0.6 is 0 Å². The van der Waals surface area contributed by atoms with Crippen LogP contribution in [0.5, 0.6) is 0 Å². The van der Waals surface area contributed by atoms with E-state index in [1.54, 1.807) is 27.9 Å². The maximum atomic E-state index is 13.2. The van der Waals surface area contributed by atoms with Crippen molar-refractivity contribution in [1.29, 1.82) is 0 Å². The van der Waals surface area contributed by atoms with Crippen molar-refractivity contribution < 1.29 is 13.2 Å². The fraction of sp³-hybridized carbons (Fsp3) is 0.423. The van der Waals surface area contributed by atoms with Crippen LogP contribution in [0, 0.1) is 0 Å². The molecule has 1 aliphatic heterocycles. The van der Waals surface area contributed by atoms with Gasteiger partial charge in [-0.05, 0) is 42.0 Å². The van der Waals surface area contributed by atoms with Crippen molar-refractivity contribution in [3.63, 3.8) is 0 Å². The number of hydrogen-bond donors (Lipinski definition) is 0. The van der Waals surface area contributed by atoms with Gasteiger partial charge >= 0.3 is 0 Å². The van der Waals surface area contributed by atoms with Crippen molar-refractivity contribution in [1.82, 2.24) is 24.2 Å². The van der Waals surface area contributed by atoms with E-state index in [4.69, 9.17) is 0 Å². The van der Waals surface area contributed by atoms with E-state index < -0.39 is 10.0 Å². The number of amides is 1. The monoisotopic (exact) mass is 493 g/mol. The Labute approximate surface area is 206 Å². The highest BCUT2D eigenvalue weighted by atomic mass is 32.2. The first-order chi connectivity index (χ1) is 17.0. The van der Waals surface area contributed by atoms with Gasteiger partial charge in [-0.1, -0.05) is 66.9 Å². The van der Waals surface area contributed by atoms with Crippen molar-refractivity contribution in [2.75, 3.05) is 26.2 Å². The molecule has 0 atom stereocenters. The first kappa shape index (κ1) is 23.7. The second kappa shape index (κ2) is 10.3. The number of rotatable bonds is 6. The van der Waals surface area contributed by atoms with Crippen LogP contribution in [0.2, 0.25) is 0 Å². The van der Waals surface area contributed by atoms with Gasteiger partial charge < -0.3 is 4.90 Å². The molecule has 8 nitrogen and oxygen atoms in total. The number of nitrogens with zero attached hydrogens (tertiary/aromatic N) is 5. The summed E-state index contributed by atoms with van der Waals surface area (Å²) < 4.78 is 29.5. The van der Waals surface area contributed by atoms with E-state index in [9.17, 15) is 13.2 Å². The average Bonchev–Trinajstić information content (AvgIpc) is 3.38. The van der Waals surface area contributed by atoms with Gasteiger partial charge in [0.05, 0.1) is 17.6 Å². The number of benzene rings is 2. The van der Waals surface area contributed by atoms with Crippen LogP contribution in [0.25, 0.3) is 0 Å². The second-order valence-electron chi connectivity index (χ2n) is 9.39. The number of carbonyl (C=O) groups is 1. The predicted octanol–water partition coefficient (Wildman–Crippen LogP) is 3.52. The maximum Gasteiger partial charge on any atom is 0.276 e. The van der Waals surface area contributed by atoms with Crippen LogP contribution in [0.4, 0.5) is 0 Å². The summed E-state index contributed by atoms with van der Waals surface area (Å²) in [4.78, 5) is 14.9. The standard InChI is InChI=1S/C26H31N5O3S/c32-26(25-20-30(28-27-25)19-21-7-3-1-4-8-21)29-15-17-31(18-16-29)35(33,34)24-13-11-23(12-14-24)22-9-5-2-6-10-22/h1,3-4,7-8,11-14,20,22H,2,5-6,9-10,15-19H2. The highest BCUT2D eigenvalue weighted by Gasteiger charge is 2.31. The molecule has 2 aromatic carbocycles. The topological polar surface area (TPSA) is 88.4 Å². The van der Waals surface area contributed by atoms with E-state index in [0.29, 0.717) is 30.4 Å². The van der Waals surface area contributed by atoms with Crippen LogP contribution in [0.1, 0.15) is 59.6 Å². The van der Waals surface area contributed by atoms with Gasteiger partial charge in [0, 0.05) is 26.2 Å². The van der Waals surface area contributed by atoms with E-state index in [0.717, 1.165) is 5.56 Å². The lowest BCUT2D eigenvalue weighted by Gasteiger charge is -2.33. The molecule has 1 saturated carbocycles. The van der Waals surface area contributed by atoms with Gasteiger partial charge in [0.1, 0.15) is 0 Å². The number of hydrogen-bond acceptors (Lipinski definition) is 5. The molecule has 184 valence electrons. The molecule has 0 unspecified atom stereocenters. The fourth-order valence-corrected chi connectivity index (χ4v) is 6.46. The van der Waals surface area contributed by atoms with E-state index in [-0.39, 0.29) is 24.7 Å². The largest absolute Gasteiger partial charge is 0.335 e. The summed E-state index contributed by atoms with van der Waals surface area (Å²) in [7, 11) is -3.59. The minimum absolute atomic E-state index is 0.224. The average molecular weight is 494 g/mol. The van der Waals surface area contributed by atoms with Crippen LogP contribution in [-0.2, 0) is 16.6 Å². The smallest absolute Gasteiger partial charge is 0.276 e. The molecule has 0 N–H and O–H groups in total. The van der Waals surface area contributed by atoms with Crippen molar-refractivity contribution in [3.8, 4) is 0 Å². The van der Waals surface area contributed by atoms with E-state index >= 15 is 0 Å². The molecule has 3 aromatic rings. The Balaban J connectivity index is 1.18. The molecule has 2 fully saturated rings. The van der Waals surface area contributed by atoms with Crippen molar-refractivity contribution in [2.45, 2.75) is 49.5 Å². The summed E-state index contributed by atoms with van der Waals surface area (Å²) in [5.74, 6) is 0.318. The Kier molecular flexibility index (Phi) is 6.97. The van der Waals surface area contributed by atoms with Crippen molar-refractivity contribution in [2.24, 2.45) is 0 Å². The van der Waals surface area contributed by atoms with Crippen LogP contribution in [0.3, 0.4) is 0 Å². The summed E-state index contributed by atoms with van der Waals surface area (Å²) in [6.07, 6.45) is 7.80. The van der Waals surface area contributed by atoms with Crippen LogP contribution in [-0.4, -0.2) is 64.7 Å². The van der Waals surface area contributed by atoms with Gasteiger partial charge in [0.2, 0.25) is 10.0 Å². The van der Waals surface area contributed by atoms with Crippen LogP contribution < -0.4 is 0 Å². The summed E-state index contributed by atoms with van der Waals surface area (Å²) in [6.45, 7) is 1.70. The fourth-order valence-electron chi connectivity index (χ4n) is 5.03. The van der Waals surface area contributed by atoms with E-state index in [1.165, 1.54) is 42.0 Å². The molecule has 35 heavy (non-hydrogen) atoms. The Hall–Kier alpha value is -3.04. The normalized spacial score (nSPS) is 18.0. The maximum absolute atomic E-state index is 13.2. The molecular weight excluding hydrogens is 462 g/mol. The molecule has 2 aliphatic rings. The molecule has 5 rings (SSSR count). The lowest BCUT2D eigenvalue weighted by Crippen LogP contribution is -2.50. The van der Waals surface area contributed by atoms with E-state index in [1.807, 2.05) is 42.5 Å². The molecular formula is C26H31N5O3S. The molecule has 0 spiro atoms. The molecule has 9 heteroatoms. The summed E-state index contributed by atoms with van der Waals surface area (Å²) in [5, 5.41) is 8.11. The molecule has 1 amide bonds. The quantitative estimate of drug-likeness (QED) is 0.524. The Morgan fingerprint density at radius 3 is 2.26 bits per heavy atom. The lowest BCUT2D eigenvalue weighted by atomic mass is 9.84. The number of aromatic nitrogens is 3. The highest BCUT2D eigenvalue weighted by Crippen LogP contribution is 2.33. The molecule has 1 saturated heterocycles.